The number of benzene rings is 1. The van der Waals surface area contributed by atoms with E-state index in [4.69, 9.17) is 10.00 Å². The van der Waals surface area contributed by atoms with Crippen LogP contribution in [-0.2, 0) is 4.74 Å². The Labute approximate surface area is 141 Å². The zero-order valence-electron chi connectivity index (χ0n) is 14.3. The molecule has 0 N–H and O–H groups in total. The molecule has 1 aliphatic carbocycles. The van der Waals surface area contributed by atoms with Gasteiger partial charge in [0.15, 0.2) is 0 Å². The van der Waals surface area contributed by atoms with Crippen LogP contribution >= 0.6 is 0 Å². The largest absolute Gasteiger partial charge is 0.378 e. The second-order valence-corrected chi connectivity index (χ2v) is 6.50. The molecule has 1 aromatic carbocycles. The van der Waals surface area contributed by atoms with E-state index in [1.807, 2.05) is 12.1 Å². The van der Waals surface area contributed by atoms with Crippen LogP contribution in [0.3, 0.4) is 0 Å². The first-order chi connectivity index (χ1) is 11.3. The normalized spacial score (nSPS) is 21.4. The van der Waals surface area contributed by atoms with E-state index in [2.05, 4.69) is 37.3 Å². The summed E-state index contributed by atoms with van der Waals surface area (Å²) in [5.41, 5.74) is 2.13. The van der Waals surface area contributed by atoms with Crippen LogP contribution in [0.4, 0.5) is 0 Å². The van der Waals surface area contributed by atoms with Gasteiger partial charge in [-0.1, -0.05) is 30.7 Å². The molecule has 0 spiro atoms. The molecule has 0 aliphatic heterocycles. The molecule has 0 heterocycles. The van der Waals surface area contributed by atoms with Crippen molar-refractivity contribution < 1.29 is 4.74 Å². The third-order valence-electron chi connectivity index (χ3n) is 4.79. The molecule has 0 aromatic heterocycles. The van der Waals surface area contributed by atoms with Gasteiger partial charge in [0.05, 0.1) is 17.7 Å². The molecule has 124 valence electrons. The molecule has 0 bridgehead atoms. The monoisotopic (exact) mass is 311 g/mol. The summed E-state index contributed by atoms with van der Waals surface area (Å²) in [5, 5.41) is 8.87. The Balaban J connectivity index is 1.61. The Morgan fingerprint density at radius 3 is 2.48 bits per heavy atom. The Morgan fingerprint density at radius 1 is 1.09 bits per heavy atom. The highest BCUT2D eigenvalue weighted by Crippen LogP contribution is 2.34. The smallest absolute Gasteiger partial charge is 0.0991 e. The summed E-state index contributed by atoms with van der Waals surface area (Å²) < 4.78 is 6.05. The van der Waals surface area contributed by atoms with E-state index in [-0.39, 0.29) is 0 Å². The van der Waals surface area contributed by atoms with Crippen LogP contribution < -0.4 is 0 Å². The molecule has 1 aliphatic rings. The van der Waals surface area contributed by atoms with Crippen LogP contribution in [0.15, 0.2) is 36.4 Å². The fourth-order valence-corrected chi connectivity index (χ4v) is 3.35. The minimum atomic E-state index is 0.458. The van der Waals surface area contributed by atoms with E-state index < -0.39 is 0 Å². The third-order valence-corrected chi connectivity index (χ3v) is 4.79. The van der Waals surface area contributed by atoms with Crippen molar-refractivity contribution in [2.24, 2.45) is 0 Å². The van der Waals surface area contributed by atoms with Crippen LogP contribution in [0, 0.1) is 11.3 Å². The standard InChI is InChI=1S/C21H29NO/c1-2-3-4-5-6-7-16-23-21-14-12-20(13-15-21)19-10-8-18(17-22)9-11-19/h2-3,8-11,20-21H,4-7,12-16H2,1H3. The molecule has 0 unspecified atom stereocenters. The molecular weight excluding hydrogens is 282 g/mol. The molecular formula is C21H29NO. The van der Waals surface area contributed by atoms with Gasteiger partial charge in [-0.15, -0.1) is 0 Å². The predicted molar refractivity (Wildman–Crippen MR) is 95.4 cm³/mol. The number of nitriles is 1. The van der Waals surface area contributed by atoms with Gasteiger partial charge >= 0.3 is 0 Å². The van der Waals surface area contributed by atoms with E-state index in [9.17, 15) is 0 Å². The maximum absolute atomic E-state index is 8.87. The quantitative estimate of drug-likeness (QED) is 0.453. The zero-order valence-corrected chi connectivity index (χ0v) is 14.3. The highest BCUT2D eigenvalue weighted by molar-refractivity contribution is 5.33. The lowest BCUT2D eigenvalue weighted by atomic mass is 9.82. The van der Waals surface area contributed by atoms with Gasteiger partial charge in [-0.05, 0) is 75.5 Å². The van der Waals surface area contributed by atoms with Crippen molar-refractivity contribution in [3.63, 3.8) is 0 Å². The third kappa shape index (κ3) is 6.20. The van der Waals surface area contributed by atoms with E-state index in [0.29, 0.717) is 12.0 Å². The lowest BCUT2D eigenvalue weighted by Gasteiger charge is -2.29. The van der Waals surface area contributed by atoms with E-state index in [0.717, 1.165) is 12.2 Å². The summed E-state index contributed by atoms with van der Waals surface area (Å²) in [6, 6.07) is 10.3. The van der Waals surface area contributed by atoms with Gasteiger partial charge in [0.1, 0.15) is 0 Å². The topological polar surface area (TPSA) is 33.0 Å². The lowest BCUT2D eigenvalue weighted by Crippen LogP contribution is -2.21. The van der Waals surface area contributed by atoms with Crippen molar-refractivity contribution in [3.8, 4) is 6.07 Å². The van der Waals surface area contributed by atoms with E-state index >= 15 is 0 Å². The molecule has 23 heavy (non-hydrogen) atoms. The average Bonchev–Trinajstić information content (AvgIpc) is 2.61. The van der Waals surface area contributed by atoms with Crippen LogP contribution in [-0.4, -0.2) is 12.7 Å². The summed E-state index contributed by atoms with van der Waals surface area (Å²) in [4.78, 5) is 0. The van der Waals surface area contributed by atoms with Gasteiger partial charge in [-0.3, -0.25) is 0 Å². The molecule has 1 saturated carbocycles. The van der Waals surface area contributed by atoms with Crippen LogP contribution in [0.25, 0.3) is 0 Å². The lowest BCUT2D eigenvalue weighted by molar-refractivity contribution is 0.0227. The molecule has 2 nitrogen and oxygen atoms in total. The molecule has 0 radical (unpaired) electrons. The van der Waals surface area contributed by atoms with Crippen molar-refractivity contribution in [3.05, 3.63) is 47.5 Å². The number of hydrogen-bond donors (Lipinski definition) is 0. The maximum Gasteiger partial charge on any atom is 0.0991 e. The van der Waals surface area contributed by atoms with Gasteiger partial charge in [-0.25, -0.2) is 0 Å². The minimum absolute atomic E-state index is 0.458. The minimum Gasteiger partial charge on any atom is -0.378 e. The number of nitrogens with zero attached hydrogens (tertiary/aromatic N) is 1. The predicted octanol–water partition coefficient (Wildman–Crippen LogP) is 5.74. The number of unbranched alkanes of at least 4 members (excludes halogenated alkanes) is 3. The van der Waals surface area contributed by atoms with E-state index in [1.165, 1.54) is 56.9 Å². The van der Waals surface area contributed by atoms with Gasteiger partial charge < -0.3 is 4.74 Å². The van der Waals surface area contributed by atoms with Crippen LogP contribution in [0.2, 0.25) is 0 Å². The van der Waals surface area contributed by atoms with Gasteiger partial charge in [0.2, 0.25) is 0 Å². The number of allylic oxidation sites excluding steroid dienone is 2. The number of ether oxygens (including phenoxy) is 1. The first-order valence-electron chi connectivity index (χ1n) is 9.06. The van der Waals surface area contributed by atoms with Crippen molar-refractivity contribution in [2.75, 3.05) is 6.61 Å². The van der Waals surface area contributed by atoms with Gasteiger partial charge in [0.25, 0.3) is 0 Å². The maximum atomic E-state index is 8.87. The fraction of sp³-hybridized carbons (Fsp3) is 0.571. The Morgan fingerprint density at radius 2 is 1.83 bits per heavy atom. The van der Waals surface area contributed by atoms with Crippen LogP contribution in [0.5, 0.6) is 0 Å². The summed E-state index contributed by atoms with van der Waals surface area (Å²) in [6.07, 6.45) is 14.5. The SMILES string of the molecule is CC=CCCCCCOC1CCC(c2ccc(C#N)cc2)CC1. The van der Waals surface area contributed by atoms with Crippen molar-refractivity contribution >= 4 is 0 Å². The summed E-state index contributed by atoms with van der Waals surface area (Å²) >= 11 is 0. The van der Waals surface area contributed by atoms with Crippen molar-refractivity contribution in [2.45, 2.75) is 70.3 Å². The molecule has 0 amide bonds. The number of rotatable bonds is 8. The second kappa shape index (κ2) is 10.2. The Kier molecular flexibility index (Phi) is 7.90. The van der Waals surface area contributed by atoms with Gasteiger partial charge in [-0.2, -0.15) is 5.26 Å². The molecule has 1 fully saturated rings. The highest BCUT2D eigenvalue weighted by atomic mass is 16.5. The molecule has 0 saturated heterocycles. The number of hydrogen-bond acceptors (Lipinski definition) is 2. The highest BCUT2D eigenvalue weighted by Gasteiger charge is 2.22. The second-order valence-electron chi connectivity index (χ2n) is 6.50. The van der Waals surface area contributed by atoms with Gasteiger partial charge in [0, 0.05) is 6.61 Å². The summed E-state index contributed by atoms with van der Waals surface area (Å²) in [5.74, 6) is 0.642. The molecule has 1 aromatic rings. The van der Waals surface area contributed by atoms with E-state index in [1.54, 1.807) is 0 Å². The fourth-order valence-electron chi connectivity index (χ4n) is 3.35. The van der Waals surface area contributed by atoms with Crippen molar-refractivity contribution in [1.82, 2.24) is 0 Å². The average molecular weight is 311 g/mol. The van der Waals surface area contributed by atoms with Crippen LogP contribution in [0.1, 0.15) is 75.3 Å². The Hall–Kier alpha value is -1.59. The van der Waals surface area contributed by atoms with Crippen molar-refractivity contribution in [1.29, 1.82) is 5.26 Å². The molecule has 2 heteroatoms. The Bertz CT molecular complexity index is 504. The first kappa shape index (κ1) is 17.8. The summed E-state index contributed by atoms with van der Waals surface area (Å²) in [7, 11) is 0. The summed E-state index contributed by atoms with van der Waals surface area (Å²) in [6.45, 7) is 3.00. The zero-order chi connectivity index (χ0) is 16.3. The molecule has 0 atom stereocenters. The first-order valence-corrected chi connectivity index (χ1v) is 9.06. The molecule has 2 rings (SSSR count).